The Balaban J connectivity index is 1.51. The third kappa shape index (κ3) is 4.55. The molecule has 1 unspecified atom stereocenters. The molecule has 34 heavy (non-hydrogen) atoms. The van der Waals surface area contributed by atoms with Gasteiger partial charge in [0.25, 0.3) is 0 Å². The Morgan fingerprint density at radius 2 is 2.03 bits per heavy atom. The zero-order valence-electron chi connectivity index (χ0n) is 18.3. The van der Waals surface area contributed by atoms with Crippen LogP contribution in [0.3, 0.4) is 0 Å². The fourth-order valence-corrected chi connectivity index (χ4v) is 5.03. The topological polar surface area (TPSA) is 77.2 Å². The molecule has 1 fully saturated rings. The number of nitrogen functional groups attached to an aromatic ring is 1. The predicted octanol–water partition coefficient (Wildman–Crippen LogP) is 6.13. The monoisotopic (exact) mass is 485 g/mol. The summed E-state index contributed by atoms with van der Waals surface area (Å²) in [5, 5.41) is 0.431. The average molecular weight is 486 g/mol. The van der Waals surface area contributed by atoms with Gasteiger partial charge < -0.3 is 10.5 Å². The number of thiazole rings is 1. The van der Waals surface area contributed by atoms with E-state index in [1.54, 1.807) is 12.1 Å². The highest BCUT2D eigenvalue weighted by Gasteiger charge is 2.32. The maximum Gasteiger partial charge on any atom is 0.416 e. The first-order valence-corrected chi connectivity index (χ1v) is 11.7. The van der Waals surface area contributed by atoms with Crippen LogP contribution in [0.4, 0.5) is 18.3 Å². The molecule has 3 heterocycles. The molecule has 0 spiro atoms. The van der Waals surface area contributed by atoms with Crippen molar-refractivity contribution < 1.29 is 17.9 Å². The molecule has 6 nitrogen and oxygen atoms in total. The molecule has 2 aromatic carbocycles. The number of halogens is 3. The van der Waals surface area contributed by atoms with Gasteiger partial charge in [0.15, 0.2) is 10.9 Å². The van der Waals surface area contributed by atoms with E-state index in [1.165, 1.54) is 29.8 Å². The van der Waals surface area contributed by atoms with Gasteiger partial charge in [0.2, 0.25) is 5.88 Å². The van der Waals surface area contributed by atoms with Crippen LogP contribution in [-0.2, 0) is 12.7 Å². The number of benzene rings is 2. The van der Waals surface area contributed by atoms with Crippen molar-refractivity contribution in [2.24, 2.45) is 0 Å². The predicted molar refractivity (Wildman–Crippen MR) is 126 cm³/mol. The lowest BCUT2D eigenvalue weighted by Crippen LogP contribution is -2.26. The van der Waals surface area contributed by atoms with Crippen molar-refractivity contribution in [1.29, 1.82) is 0 Å². The molecule has 0 saturated carbocycles. The Morgan fingerprint density at radius 1 is 1.18 bits per heavy atom. The minimum atomic E-state index is -4.42. The van der Waals surface area contributed by atoms with Gasteiger partial charge in [-0.25, -0.2) is 15.0 Å². The van der Waals surface area contributed by atoms with Crippen molar-refractivity contribution >= 4 is 26.7 Å². The van der Waals surface area contributed by atoms with E-state index in [0.29, 0.717) is 45.8 Å². The number of para-hydroxylation sites is 1. The molecular formula is C24H22F3N5OS. The smallest absolute Gasteiger partial charge is 0.416 e. The first-order valence-electron chi connectivity index (χ1n) is 10.9. The molecule has 1 aliphatic heterocycles. The van der Waals surface area contributed by atoms with E-state index in [1.807, 2.05) is 12.1 Å². The Hall–Kier alpha value is -3.24. The lowest BCUT2D eigenvalue weighted by atomic mass is 10.00. The van der Waals surface area contributed by atoms with Gasteiger partial charge in [0.1, 0.15) is 11.8 Å². The number of anilines is 1. The highest BCUT2D eigenvalue weighted by molar-refractivity contribution is 7.22. The Morgan fingerprint density at radius 3 is 2.79 bits per heavy atom. The molecule has 0 amide bonds. The van der Waals surface area contributed by atoms with Gasteiger partial charge >= 0.3 is 6.18 Å². The highest BCUT2D eigenvalue weighted by atomic mass is 32.1. The number of hydrogen-bond acceptors (Lipinski definition) is 7. The summed E-state index contributed by atoms with van der Waals surface area (Å²) in [6.07, 6.45) is -1.00. The molecule has 0 aliphatic carbocycles. The largest absolute Gasteiger partial charge is 0.437 e. The van der Waals surface area contributed by atoms with Crippen LogP contribution in [0.1, 0.15) is 30.9 Å². The second-order valence-corrected chi connectivity index (χ2v) is 9.39. The summed E-state index contributed by atoms with van der Waals surface area (Å²) in [4.78, 5) is 15.1. The van der Waals surface area contributed by atoms with Crippen molar-refractivity contribution in [3.8, 4) is 22.9 Å². The molecule has 4 aromatic rings. The van der Waals surface area contributed by atoms with E-state index in [0.717, 1.165) is 30.2 Å². The van der Waals surface area contributed by atoms with Gasteiger partial charge in [-0.05, 0) is 56.1 Å². The lowest BCUT2D eigenvalue weighted by molar-refractivity contribution is -0.137. The van der Waals surface area contributed by atoms with Crippen molar-refractivity contribution in [2.45, 2.75) is 38.5 Å². The summed E-state index contributed by atoms with van der Waals surface area (Å²) in [5.74, 6) is 0.762. The van der Waals surface area contributed by atoms with Crippen LogP contribution in [0.2, 0.25) is 0 Å². The van der Waals surface area contributed by atoms with E-state index in [-0.39, 0.29) is 5.88 Å². The first kappa shape index (κ1) is 22.5. The number of nitrogens with zero attached hydrogens (tertiary/aromatic N) is 4. The number of likely N-dealkylation sites (tertiary alicyclic amines) is 1. The molecule has 1 saturated heterocycles. The van der Waals surface area contributed by atoms with Gasteiger partial charge in [0, 0.05) is 24.2 Å². The molecule has 176 valence electrons. The fraction of sp³-hybridized carbons (Fsp3) is 0.292. The van der Waals surface area contributed by atoms with Crippen LogP contribution in [0.25, 0.3) is 21.5 Å². The number of ether oxygens (including phenoxy) is 1. The van der Waals surface area contributed by atoms with Crippen LogP contribution in [0, 0.1) is 0 Å². The van der Waals surface area contributed by atoms with E-state index < -0.39 is 11.7 Å². The highest BCUT2D eigenvalue weighted by Crippen LogP contribution is 2.36. The van der Waals surface area contributed by atoms with Crippen LogP contribution in [0.15, 0.2) is 48.8 Å². The zero-order valence-corrected chi connectivity index (χ0v) is 19.2. The maximum atomic E-state index is 13.5. The minimum absolute atomic E-state index is 0.268. The first-order chi connectivity index (χ1) is 16.3. The zero-order chi connectivity index (χ0) is 23.9. The summed E-state index contributed by atoms with van der Waals surface area (Å²) in [5.41, 5.74) is 7.47. The Kier molecular flexibility index (Phi) is 5.86. The number of rotatable bonds is 5. The van der Waals surface area contributed by atoms with E-state index in [9.17, 15) is 13.2 Å². The van der Waals surface area contributed by atoms with Crippen molar-refractivity contribution in [3.05, 3.63) is 59.9 Å². The van der Waals surface area contributed by atoms with Gasteiger partial charge in [-0.3, -0.25) is 4.90 Å². The van der Waals surface area contributed by atoms with Crippen LogP contribution < -0.4 is 10.5 Å². The Labute approximate surface area is 198 Å². The van der Waals surface area contributed by atoms with Gasteiger partial charge in [0.05, 0.1) is 16.0 Å². The lowest BCUT2D eigenvalue weighted by Gasteiger charge is -2.23. The number of nitrogens with two attached hydrogens (primary N) is 1. The van der Waals surface area contributed by atoms with Crippen molar-refractivity contribution in [2.75, 3.05) is 12.3 Å². The molecule has 10 heteroatoms. The number of aromatic nitrogens is 3. The maximum absolute atomic E-state index is 13.5. The fourth-order valence-electron chi connectivity index (χ4n) is 4.28. The Bertz CT molecular complexity index is 1340. The minimum Gasteiger partial charge on any atom is -0.437 e. The number of alkyl halides is 3. The van der Waals surface area contributed by atoms with Crippen LogP contribution in [0.5, 0.6) is 11.6 Å². The SMILES string of the molecule is CC1CCCN1Cc1cc(C(F)(F)F)ccc1-c1cc(Oc2cccc3sc(N)nc23)ncn1. The van der Waals surface area contributed by atoms with Crippen LogP contribution >= 0.6 is 11.3 Å². The van der Waals surface area contributed by atoms with Gasteiger partial charge in [-0.15, -0.1) is 0 Å². The summed E-state index contributed by atoms with van der Waals surface area (Å²) in [7, 11) is 0. The van der Waals surface area contributed by atoms with Gasteiger partial charge in [-0.2, -0.15) is 13.2 Å². The second-order valence-electron chi connectivity index (χ2n) is 8.33. The van der Waals surface area contributed by atoms with E-state index in [2.05, 4.69) is 26.8 Å². The molecule has 5 rings (SSSR count). The quantitative estimate of drug-likeness (QED) is 0.366. The molecule has 0 radical (unpaired) electrons. The molecule has 1 atom stereocenters. The molecular weight excluding hydrogens is 463 g/mol. The second kappa shape index (κ2) is 8.84. The normalized spacial score (nSPS) is 16.9. The third-order valence-electron chi connectivity index (χ3n) is 6.03. The third-order valence-corrected chi connectivity index (χ3v) is 6.88. The average Bonchev–Trinajstić information content (AvgIpc) is 3.38. The van der Waals surface area contributed by atoms with Crippen LogP contribution in [-0.4, -0.2) is 32.4 Å². The summed E-state index contributed by atoms with van der Waals surface area (Å²) < 4.78 is 47.2. The van der Waals surface area contributed by atoms with Crippen molar-refractivity contribution in [3.63, 3.8) is 0 Å². The van der Waals surface area contributed by atoms with Gasteiger partial charge in [-0.1, -0.05) is 23.5 Å². The van der Waals surface area contributed by atoms with E-state index >= 15 is 0 Å². The summed E-state index contributed by atoms with van der Waals surface area (Å²) >= 11 is 1.35. The molecule has 2 N–H and O–H groups in total. The molecule has 1 aliphatic rings. The number of fused-ring (bicyclic) bond motifs is 1. The standard InChI is InChI=1S/C24H22F3N5OS/c1-14-4-3-9-32(14)12-15-10-16(24(25,26)27)7-8-17(15)18-11-21(30-13-29-18)33-19-5-2-6-20-22(19)31-23(28)34-20/h2,5-8,10-11,13-14H,3-4,9,12H2,1H3,(H2,28,31). The summed E-state index contributed by atoms with van der Waals surface area (Å²) in [6.45, 7) is 3.37. The summed E-state index contributed by atoms with van der Waals surface area (Å²) in [6, 6.07) is 11.2. The number of hydrogen-bond donors (Lipinski definition) is 1. The van der Waals surface area contributed by atoms with E-state index in [4.69, 9.17) is 10.5 Å². The molecule has 0 bridgehead atoms. The van der Waals surface area contributed by atoms with Crippen molar-refractivity contribution in [1.82, 2.24) is 19.9 Å². The molecule has 2 aromatic heterocycles.